The van der Waals surface area contributed by atoms with Gasteiger partial charge in [-0.15, -0.1) is 0 Å². The van der Waals surface area contributed by atoms with E-state index < -0.39 is 0 Å². The van der Waals surface area contributed by atoms with Crippen LogP contribution in [0.15, 0.2) is 71.3 Å². The second-order valence-corrected chi connectivity index (χ2v) is 6.07. The Morgan fingerprint density at radius 1 is 1.11 bits per heavy atom. The zero-order valence-corrected chi connectivity index (χ0v) is 14.7. The molecular weight excluding hydrogens is 342 g/mol. The minimum absolute atomic E-state index is 0.0536. The number of amides is 1. The highest BCUT2D eigenvalue weighted by Crippen LogP contribution is 2.24. The average Bonchev–Trinajstić information content (AvgIpc) is 3.11. The maximum Gasteiger partial charge on any atom is 0.262 e. The first-order valence-electron chi connectivity index (χ1n) is 8.49. The number of ether oxygens (including phenoxy) is 1. The molecule has 0 fully saturated rings. The first-order valence-corrected chi connectivity index (χ1v) is 8.49. The molecule has 0 unspecified atom stereocenters. The van der Waals surface area contributed by atoms with Gasteiger partial charge in [0, 0.05) is 17.4 Å². The Kier molecular flexibility index (Phi) is 4.53. The molecule has 4 aromatic rings. The van der Waals surface area contributed by atoms with E-state index in [0.29, 0.717) is 28.6 Å². The average molecular weight is 359 g/mol. The number of carbonyl (C=O) groups excluding carboxylic acids is 1. The van der Waals surface area contributed by atoms with E-state index in [4.69, 9.17) is 9.15 Å². The van der Waals surface area contributed by atoms with Gasteiger partial charge < -0.3 is 14.5 Å². The van der Waals surface area contributed by atoms with Crippen LogP contribution >= 0.6 is 0 Å². The fraction of sp³-hybridized carbons (Fsp3) is 0.0952. The summed E-state index contributed by atoms with van der Waals surface area (Å²) in [5.74, 6) is 0.935. The van der Waals surface area contributed by atoms with Gasteiger partial charge in [0.15, 0.2) is 17.8 Å². The van der Waals surface area contributed by atoms with E-state index in [1.54, 1.807) is 24.4 Å². The summed E-state index contributed by atoms with van der Waals surface area (Å²) < 4.78 is 11.2. The number of aromatic nitrogens is 2. The molecule has 0 atom stereocenters. The van der Waals surface area contributed by atoms with Gasteiger partial charge in [0.25, 0.3) is 5.91 Å². The number of fused-ring (bicyclic) bond motifs is 1. The van der Waals surface area contributed by atoms with Crippen LogP contribution in [-0.2, 0) is 4.79 Å². The number of nitrogens with one attached hydrogen (secondary N) is 1. The topological polar surface area (TPSA) is 77.2 Å². The number of aryl methyl sites for hydroxylation is 1. The maximum atomic E-state index is 12.1. The number of pyridine rings is 1. The summed E-state index contributed by atoms with van der Waals surface area (Å²) in [5, 5.41) is 2.80. The number of benzene rings is 2. The quantitative estimate of drug-likeness (QED) is 0.577. The molecule has 4 rings (SSSR count). The molecule has 1 N–H and O–H groups in total. The van der Waals surface area contributed by atoms with E-state index in [0.717, 1.165) is 11.1 Å². The second-order valence-electron chi connectivity index (χ2n) is 6.07. The van der Waals surface area contributed by atoms with Crippen LogP contribution in [0, 0.1) is 6.92 Å². The van der Waals surface area contributed by atoms with Crippen LogP contribution in [0.4, 0.5) is 5.69 Å². The molecule has 0 saturated heterocycles. The lowest BCUT2D eigenvalue weighted by Crippen LogP contribution is -2.20. The van der Waals surface area contributed by atoms with Crippen molar-refractivity contribution in [3.05, 3.63) is 72.4 Å². The van der Waals surface area contributed by atoms with Crippen LogP contribution in [0.3, 0.4) is 0 Å². The first kappa shape index (κ1) is 16.8. The zero-order valence-electron chi connectivity index (χ0n) is 14.7. The van der Waals surface area contributed by atoms with Gasteiger partial charge in [-0.25, -0.2) is 4.98 Å². The van der Waals surface area contributed by atoms with Crippen molar-refractivity contribution in [2.45, 2.75) is 6.92 Å². The van der Waals surface area contributed by atoms with E-state index in [2.05, 4.69) is 15.3 Å². The number of rotatable bonds is 5. The fourth-order valence-electron chi connectivity index (χ4n) is 2.64. The van der Waals surface area contributed by atoms with Crippen LogP contribution in [-0.4, -0.2) is 22.5 Å². The SMILES string of the molecule is Cc1cccc(OCC(=O)Nc2ccc(-c3nc4ncccc4o3)cc2)c1. The molecule has 6 nitrogen and oxygen atoms in total. The Morgan fingerprint density at radius 2 is 1.96 bits per heavy atom. The minimum Gasteiger partial charge on any atom is -0.484 e. The minimum atomic E-state index is -0.227. The Hall–Kier alpha value is -3.67. The van der Waals surface area contributed by atoms with Crippen molar-refractivity contribution in [3.8, 4) is 17.2 Å². The van der Waals surface area contributed by atoms with Gasteiger partial charge in [-0.3, -0.25) is 4.79 Å². The molecule has 27 heavy (non-hydrogen) atoms. The number of carbonyl (C=O) groups is 1. The third kappa shape index (κ3) is 3.95. The number of oxazole rings is 1. The smallest absolute Gasteiger partial charge is 0.262 e. The van der Waals surface area contributed by atoms with Gasteiger partial charge in [-0.05, 0) is 61.0 Å². The normalized spacial score (nSPS) is 10.7. The summed E-state index contributed by atoms with van der Waals surface area (Å²) in [4.78, 5) is 20.6. The highest BCUT2D eigenvalue weighted by molar-refractivity contribution is 5.92. The first-order chi connectivity index (χ1) is 13.2. The number of hydrogen-bond donors (Lipinski definition) is 1. The van der Waals surface area contributed by atoms with E-state index >= 15 is 0 Å². The maximum absolute atomic E-state index is 12.1. The summed E-state index contributed by atoms with van der Waals surface area (Å²) in [6.07, 6.45) is 1.67. The molecule has 2 aromatic carbocycles. The molecule has 2 aromatic heterocycles. The summed E-state index contributed by atoms with van der Waals surface area (Å²) in [6, 6.07) is 18.5. The molecule has 0 saturated carbocycles. The van der Waals surface area contributed by atoms with Crippen LogP contribution < -0.4 is 10.1 Å². The Morgan fingerprint density at radius 3 is 2.74 bits per heavy atom. The van der Waals surface area contributed by atoms with Crippen LogP contribution in [0.1, 0.15) is 5.56 Å². The Bertz CT molecular complexity index is 1050. The Balaban J connectivity index is 1.39. The lowest BCUT2D eigenvalue weighted by atomic mass is 10.2. The Labute approximate surface area is 155 Å². The highest BCUT2D eigenvalue weighted by Gasteiger charge is 2.09. The zero-order chi connectivity index (χ0) is 18.6. The van der Waals surface area contributed by atoms with Crippen molar-refractivity contribution >= 4 is 22.8 Å². The lowest BCUT2D eigenvalue weighted by Gasteiger charge is -2.08. The van der Waals surface area contributed by atoms with Gasteiger partial charge in [-0.2, -0.15) is 4.98 Å². The molecular formula is C21H17N3O3. The third-order valence-corrected chi connectivity index (χ3v) is 3.94. The van der Waals surface area contributed by atoms with E-state index in [1.165, 1.54) is 0 Å². The van der Waals surface area contributed by atoms with E-state index in [-0.39, 0.29) is 12.5 Å². The summed E-state index contributed by atoms with van der Waals surface area (Å²) in [7, 11) is 0. The van der Waals surface area contributed by atoms with Crippen molar-refractivity contribution in [1.29, 1.82) is 0 Å². The summed E-state index contributed by atoms with van der Waals surface area (Å²) in [6.45, 7) is 1.92. The molecule has 0 aliphatic carbocycles. The summed E-state index contributed by atoms with van der Waals surface area (Å²) >= 11 is 0. The molecule has 1 amide bonds. The van der Waals surface area contributed by atoms with Gasteiger partial charge in [0.2, 0.25) is 5.89 Å². The molecule has 134 valence electrons. The molecule has 0 aliphatic rings. The molecule has 0 bridgehead atoms. The van der Waals surface area contributed by atoms with Crippen molar-refractivity contribution in [3.63, 3.8) is 0 Å². The highest BCUT2D eigenvalue weighted by atomic mass is 16.5. The van der Waals surface area contributed by atoms with Crippen LogP contribution in [0.2, 0.25) is 0 Å². The van der Waals surface area contributed by atoms with Crippen LogP contribution in [0.5, 0.6) is 5.75 Å². The van der Waals surface area contributed by atoms with Crippen molar-refractivity contribution < 1.29 is 13.9 Å². The summed E-state index contributed by atoms with van der Waals surface area (Å²) in [5.41, 5.74) is 3.77. The standard InChI is InChI=1S/C21H17N3O3/c1-14-4-2-5-17(12-14)26-13-19(25)23-16-9-7-15(8-10-16)21-24-20-18(27-21)6-3-11-22-20/h2-12H,13H2,1H3,(H,23,25). The van der Waals surface area contributed by atoms with Crippen LogP contribution in [0.25, 0.3) is 22.7 Å². The third-order valence-electron chi connectivity index (χ3n) is 3.94. The van der Waals surface area contributed by atoms with Gasteiger partial charge in [-0.1, -0.05) is 12.1 Å². The van der Waals surface area contributed by atoms with Gasteiger partial charge >= 0.3 is 0 Å². The number of hydrogen-bond acceptors (Lipinski definition) is 5. The van der Waals surface area contributed by atoms with Crippen molar-refractivity contribution in [2.24, 2.45) is 0 Å². The predicted octanol–water partition coefficient (Wildman–Crippen LogP) is 4.22. The number of anilines is 1. The number of nitrogens with zero attached hydrogens (tertiary/aromatic N) is 2. The largest absolute Gasteiger partial charge is 0.484 e. The fourth-order valence-corrected chi connectivity index (χ4v) is 2.64. The van der Waals surface area contributed by atoms with Gasteiger partial charge in [0.1, 0.15) is 5.75 Å². The molecule has 0 spiro atoms. The van der Waals surface area contributed by atoms with Crippen molar-refractivity contribution in [1.82, 2.24) is 9.97 Å². The van der Waals surface area contributed by atoms with E-state index in [9.17, 15) is 4.79 Å². The predicted molar refractivity (Wildman–Crippen MR) is 103 cm³/mol. The lowest BCUT2D eigenvalue weighted by molar-refractivity contribution is -0.118. The van der Waals surface area contributed by atoms with E-state index in [1.807, 2.05) is 49.4 Å². The molecule has 2 heterocycles. The van der Waals surface area contributed by atoms with Crippen molar-refractivity contribution in [2.75, 3.05) is 11.9 Å². The molecule has 0 radical (unpaired) electrons. The monoisotopic (exact) mass is 359 g/mol. The molecule has 0 aliphatic heterocycles. The second kappa shape index (κ2) is 7.29. The van der Waals surface area contributed by atoms with Gasteiger partial charge in [0.05, 0.1) is 0 Å². The molecule has 6 heteroatoms.